The number of aromatic nitrogens is 1. The second-order valence-electron chi connectivity index (χ2n) is 2.15. The molecule has 1 aromatic heterocycles. The van der Waals surface area contributed by atoms with Crippen molar-refractivity contribution in [1.29, 1.82) is 0 Å². The van der Waals surface area contributed by atoms with Crippen LogP contribution in [0.4, 0.5) is 13.2 Å². The van der Waals surface area contributed by atoms with Crippen LogP contribution in [-0.4, -0.2) is 11.3 Å². The minimum absolute atomic E-state index is 0.0102. The summed E-state index contributed by atoms with van der Waals surface area (Å²) >= 11 is 1.53. The van der Waals surface area contributed by atoms with Gasteiger partial charge in [-0.1, -0.05) is 0 Å². The molecular weight excluding hydrogens is 298 g/mol. The van der Waals surface area contributed by atoms with Gasteiger partial charge < -0.3 is 0 Å². The summed E-state index contributed by atoms with van der Waals surface area (Å²) in [6.07, 6.45) is -2.56. The van der Waals surface area contributed by atoms with Crippen molar-refractivity contribution >= 4 is 28.9 Å². The van der Waals surface area contributed by atoms with Gasteiger partial charge in [-0.15, -0.1) is 0 Å². The molecule has 0 saturated heterocycles. The largest absolute Gasteiger partial charge is 0.298 e. The van der Waals surface area contributed by atoms with Crippen LogP contribution in [0.3, 0.4) is 0 Å². The second kappa shape index (κ2) is 4.03. The average Bonchev–Trinajstić information content (AvgIpc) is 2.08. The van der Waals surface area contributed by atoms with Gasteiger partial charge in [-0.2, -0.15) is 4.39 Å². The SMILES string of the molecule is O=Cc1cc(F)nc(C(F)F)c1I. The van der Waals surface area contributed by atoms with E-state index in [1.165, 1.54) is 22.6 Å². The maximum absolute atomic E-state index is 12.5. The van der Waals surface area contributed by atoms with Gasteiger partial charge in [-0.05, 0) is 22.6 Å². The van der Waals surface area contributed by atoms with Crippen LogP contribution in [0.15, 0.2) is 6.07 Å². The molecule has 0 radical (unpaired) electrons. The van der Waals surface area contributed by atoms with E-state index >= 15 is 0 Å². The molecule has 0 aromatic carbocycles. The Labute approximate surface area is 85.3 Å². The lowest BCUT2D eigenvalue weighted by molar-refractivity contribution is 0.112. The number of carbonyl (C=O) groups is 1. The first-order chi connectivity index (χ1) is 6.06. The Morgan fingerprint density at radius 2 is 2.15 bits per heavy atom. The fourth-order valence-corrected chi connectivity index (χ4v) is 1.41. The van der Waals surface area contributed by atoms with Crippen LogP contribution in [-0.2, 0) is 0 Å². The van der Waals surface area contributed by atoms with E-state index in [0.717, 1.165) is 6.07 Å². The van der Waals surface area contributed by atoms with Crippen molar-refractivity contribution in [2.45, 2.75) is 6.43 Å². The Morgan fingerprint density at radius 3 is 2.62 bits per heavy atom. The summed E-state index contributed by atoms with van der Waals surface area (Å²) in [5.41, 5.74) is -0.800. The van der Waals surface area contributed by atoms with Gasteiger partial charge >= 0.3 is 0 Å². The number of hydrogen-bond donors (Lipinski definition) is 0. The van der Waals surface area contributed by atoms with Gasteiger partial charge in [-0.3, -0.25) is 4.79 Å². The zero-order chi connectivity index (χ0) is 10.0. The molecule has 6 heteroatoms. The first-order valence-electron chi connectivity index (χ1n) is 3.15. The number of hydrogen-bond acceptors (Lipinski definition) is 2. The predicted octanol–water partition coefficient (Wildman–Crippen LogP) is 2.58. The van der Waals surface area contributed by atoms with E-state index in [9.17, 15) is 18.0 Å². The van der Waals surface area contributed by atoms with Crippen molar-refractivity contribution in [3.05, 3.63) is 26.8 Å². The van der Waals surface area contributed by atoms with Crippen molar-refractivity contribution in [2.24, 2.45) is 0 Å². The number of halogens is 4. The molecule has 13 heavy (non-hydrogen) atoms. The minimum atomic E-state index is -2.87. The molecule has 1 heterocycles. The summed E-state index contributed by atoms with van der Waals surface area (Å²) < 4.78 is 36.9. The lowest BCUT2D eigenvalue weighted by Gasteiger charge is -2.03. The monoisotopic (exact) mass is 301 g/mol. The lowest BCUT2D eigenvalue weighted by Crippen LogP contribution is -2.01. The van der Waals surface area contributed by atoms with E-state index in [4.69, 9.17) is 0 Å². The van der Waals surface area contributed by atoms with Gasteiger partial charge in [-0.25, -0.2) is 13.8 Å². The van der Waals surface area contributed by atoms with Crippen LogP contribution >= 0.6 is 22.6 Å². The summed E-state index contributed by atoms with van der Waals surface area (Å²) in [6.45, 7) is 0. The lowest BCUT2D eigenvalue weighted by atomic mass is 10.2. The summed E-state index contributed by atoms with van der Waals surface area (Å²) in [7, 11) is 0. The second-order valence-corrected chi connectivity index (χ2v) is 3.23. The Kier molecular flexibility index (Phi) is 3.23. The molecular formula is C7H3F3INO. The highest BCUT2D eigenvalue weighted by Gasteiger charge is 2.17. The van der Waals surface area contributed by atoms with E-state index in [0.29, 0.717) is 6.29 Å². The van der Waals surface area contributed by atoms with Crippen molar-refractivity contribution in [2.75, 3.05) is 0 Å². The molecule has 1 rings (SSSR count). The first-order valence-corrected chi connectivity index (χ1v) is 4.23. The normalized spacial score (nSPS) is 10.5. The molecule has 0 unspecified atom stereocenters. The van der Waals surface area contributed by atoms with Crippen LogP contribution in [0.1, 0.15) is 22.5 Å². The third-order valence-electron chi connectivity index (χ3n) is 1.31. The highest BCUT2D eigenvalue weighted by Crippen LogP contribution is 2.24. The number of carbonyl (C=O) groups excluding carboxylic acids is 1. The maximum Gasteiger partial charge on any atom is 0.281 e. The zero-order valence-electron chi connectivity index (χ0n) is 6.10. The molecule has 0 fully saturated rings. The standard InChI is InChI=1S/C7H3F3INO/c8-4-1-3(2-13)5(11)6(12-4)7(9)10/h1-2,7H. The smallest absolute Gasteiger partial charge is 0.281 e. The molecule has 0 N–H and O–H groups in total. The molecule has 0 saturated carbocycles. The van der Waals surface area contributed by atoms with E-state index in [1.54, 1.807) is 0 Å². The summed E-state index contributed by atoms with van der Waals surface area (Å²) in [6, 6.07) is 0.820. The van der Waals surface area contributed by atoms with Gasteiger partial charge in [0.15, 0.2) is 6.29 Å². The minimum Gasteiger partial charge on any atom is -0.298 e. The summed E-state index contributed by atoms with van der Waals surface area (Å²) in [5.74, 6) is -1.07. The average molecular weight is 301 g/mol. The number of rotatable bonds is 2. The van der Waals surface area contributed by atoms with Gasteiger partial charge in [0, 0.05) is 11.6 Å². The van der Waals surface area contributed by atoms with E-state index < -0.39 is 18.1 Å². The highest BCUT2D eigenvalue weighted by atomic mass is 127. The molecule has 0 atom stereocenters. The van der Waals surface area contributed by atoms with E-state index in [-0.39, 0.29) is 9.13 Å². The van der Waals surface area contributed by atoms with Crippen LogP contribution in [0.5, 0.6) is 0 Å². The molecule has 0 aliphatic rings. The van der Waals surface area contributed by atoms with E-state index in [1.807, 2.05) is 0 Å². The third-order valence-corrected chi connectivity index (χ3v) is 2.49. The fourth-order valence-electron chi connectivity index (χ4n) is 0.766. The number of alkyl halides is 2. The highest BCUT2D eigenvalue weighted by molar-refractivity contribution is 14.1. The van der Waals surface area contributed by atoms with Gasteiger partial charge in [0.1, 0.15) is 5.69 Å². The van der Waals surface area contributed by atoms with Gasteiger partial charge in [0.2, 0.25) is 5.95 Å². The van der Waals surface area contributed by atoms with Crippen molar-refractivity contribution < 1.29 is 18.0 Å². The van der Waals surface area contributed by atoms with Crippen LogP contribution in [0.2, 0.25) is 0 Å². The Hall–Kier alpha value is -0.660. The quantitative estimate of drug-likeness (QED) is 0.477. The maximum atomic E-state index is 12.5. The van der Waals surface area contributed by atoms with Crippen LogP contribution in [0, 0.1) is 9.52 Å². The van der Waals surface area contributed by atoms with Crippen molar-refractivity contribution in [1.82, 2.24) is 4.98 Å². The van der Waals surface area contributed by atoms with Crippen LogP contribution < -0.4 is 0 Å². The number of nitrogens with zero attached hydrogens (tertiary/aromatic N) is 1. The molecule has 0 spiro atoms. The Morgan fingerprint density at radius 1 is 1.54 bits per heavy atom. The van der Waals surface area contributed by atoms with Crippen molar-refractivity contribution in [3.63, 3.8) is 0 Å². The molecule has 0 amide bonds. The van der Waals surface area contributed by atoms with Crippen molar-refractivity contribution in [3.8, 4) is 0 Å². The summed E-state index contributed by atoms with van der Waals surface area (Å²) in [4.78, 5) is 13.3. The molecule has 0 aliphatic heterocycles. The molecule has 0 aliphatic carbocycles. The molecule has 0 bridgehead atoms. The Balaban J connectivity index is 3.35. The predicted molar refractivity (Wildman–Crippen MR) is 47.3 cm³/mol. The van der Waals surface area contributed by atoms with Gasteiger partial charge in [0.05, 0.1) is 3.57 Å². The summed E-state index contributed by atoms with van der Waals surface area (Å²) in [5, 5.41) is 0. The first kappa shape index (κ1) is 10.4. The third kappa shape index (κ3) is 2.17. The van der Waals surface area contributed by atoms with Crippen LogP contribution in [0.25, 0.3) is 0 Å². The molecule has 2 nitrogen and oxygen atoms in total. The molecule has 70 valence electrons. The number of pyridine rings is 1. The molecule has 1 aromatic rings. The number of aldehydes is 1. The topological polar surface area (TPSA) is 30.0 Å². The van der Waals surface area contributed by atoms with Gasteiger partial charge in [0.25, 0.3) is 6.43 Å². The zero-order valence-corrected chi connectivity index (χ0v) is 8.26. The fraction of sp³-hybridized carbons (Fsp3) is 0.143. The van der Waals surface area contributed by atoms with E-state index in [2.05, 4.69) is 4.98 Å². The Bertz CT molecular complexity index is 343.